The molecule has 2 aliphatic heterocycles. The van der Waals surface area contributed by atoms with Crippen LogP contribution < -0.4 is 10.1 Å². The van der Waals surface area contributed by atoms with Crippen LogP contribution in [0.15, 0.2) is 48.8 Å². The summed E-state index contributed by atoms with van der Waals surface area (Å²) in [6, 6.07) is 13.4. The summed E-state index contributed by atoms with van der Waals surface area (Å²) >= 11 is 0. The number of anilines is 2. The van der Waals surface area contributed by atoms with Crippen molar-refractivity contribution < 1.29 is 14.2 Å². The van der Waals surface area contributed by atoms with Gasteiger partial charge in [0.2, 0.25) is 5.88 Å². The van der Waals surface area contributed by atoms with E-state index in [4.69, 9.17) is 4.74 Å². The molecule has 2 fully saturated rings. The third-order valence-corrected chi connectivity index (χ3v) is 7.92. The van der Waals surface area contributed by atoms with E-state index in [1.165, 1.54) is 11.9 Å². The van der Waals surface area contributed by atoms with Gasteiger partial charge in [0.25, 0.3) is 0 Å². The average molecular weight is 546 g/mol. The van der Waals surface area contributed by atoms with Crippen LogP contribution in [-0.2, 0) is 6.54 Å². The Labute approximate surface area is 233 Å². The van der Waals surface area contributed by atoms with Gasteiger partial charge in [-0.15, -0.1) is 0 Å². The monoisotopic (exact) mass is 545 g/mol. The Morgan fingerprint density at radius 3 is 2.48 bits per heavy atom. The summed E-state index contributed by atoms with van der Waals surface area (Å²) < 4.78 is 21.4. The van der Waals surface area contributed by atoms with Crippen molar-refractivity contribution in [2.45, 2.75) is 33.0 Å². The number of H-pyrrole nitrogens is 1. The molecule has 2 saturated heterocycles. The molecule has 0 amide bonds. The molecule has 3 N–H and O–H groups in total. The van der Waals surface area contributed by atoms with Gasteiger partial charge in [0.15, 0.2) is 11.6 Å². The Kier molecular flexibility index (Phi) is 7.66. The summed E-state index contributed by atoms with van der Waals surface area (Å²) in [4.78, 5) is 18.8. The van der Waals surface area contributed by atoms with Crippen LogP contribution in [0.3, 0.4) is 0 Å². The standard InChI is InChI=1S/C30H36FN7O2/c1-3-36-13-15-37(16-14-36)18-21-5-7-22(8-6-21)35-28-26(30(39)38-11-4-12-38)29(33-19-32-28)40-25-10-9-24-23(27(25)31)17-20(2)34-24/h5-10,17,19,30,34,39H,3-4,11-16,18H2,1-2H3,(H,32,33,35). The van der Waals surface area contributed by atoms with E-state index >= 15 is 4.39 Å². The van der Waals surface area contributed by atoms with Crippen LogP contribution in [0.25, 0.3) is 10.9 Å². The zero-order valence-corrected chi connectivity index (χ0v) is 23.0. The molecule has 10 heteroatoms. The van der Waals surface area contributed by atoms with Crippen LogP contribution in [0.4, 0.5) is 15.9 Å². The second kappa shape index (κ2) is 11.5. The zero-order chi connectivity index (χ0) is 27.6. The van der Waals surface area contributed by atoms with E-state index in [2.05, 4.69) is 49.1 Å². The maximum atomic E-state index is 15.3. The maximum absolute atomic E-state index is 15.3. The van der Waals surface area contributed by atoms with Crippen molar-refractivity contribution in [3.05, 3.63) is 71.4 Å². The Hall–Kier alpha value is -3.57. The molecular weight excluding hydrogens is 509 g/mol. The van der Waals surface area contributed by atoms with Crippen LogP contribution >= 0.6 is 0 Å². The van der Waals surface area contributed by atoms with Crippen molar-refractivity contribution in [2.24, 2.45) is 0 Å². The first kappa shape index (κ1) is 26.6. The van der Waals surface area contributed by atoms with Crippen molar-refractivity contribution in [1.82, 2.24) is 29.7 Å². The Morgan fingerprint density at radius 2 is 1.77 bits per heavy atom. The number of hydrogen-bond donors (Lipinski definition) is 3. The number of nitrogens with one attached hydrogen (secondary N) is 2. The van der Waals surface area contributed by atoms with Gasteiger partial charge in [-0.1, -0.05) is 19.1 Å². The Bertz CT molecular complexity index is 1460. The SMILES string of the molecule is CCN1CCN(Cc2ccc(Nc3ncnc(Oc4ccc5[nH]c(C)cc5c4F)c3C(O)N3CCC3)cc2)CC1. The zero-order valence-electron chi connectivity index (χ0n) is 23.0. The first-order valence-corrected chi connectivity index (χ1v) is 14.0. The molecule has 9 nitrogen and oxygen atoms in total. The maximum Gasteiger partial charge on any atom is 0.231 e. The van der Waals surface area contributed by atoms with Gasteiger partial charge in [-0.2, -0.15) is 0 Å². The van der Waals surface area contributed by atoms with Crippen LogP contribution in [-0.4, -0.2) is 80.6 Å². The summed E-state index contributed by atoms with van der Waals surface area (Å²) in [5.74, 6) is 0.0976. The largest absolute Gasteiger partial charge is 0.435 e. The van der Waals surface area contributed by atoms with E-state index in [0.717, 1.165) is 70.2 Å². The number of likely N-dealkylation sites (N-methyl/N-ethyl adjacent to an activating group) is 1. The van der Waals surface area contributed by atoms with Crippen molar-refractivity contribution in [2.75, 3.05) is 51.1 Å². The molecule has 4 heterocycles. The molecule has 2 aliphatic rings. The highest BCUT2D eigenvalue weighted by Crippen LogP contribution is 2.38. The van der Waals surface area contributed by atoms with Crippen LogP contribution in [0.1, 0.15) is 36.4 Å². The highest BCUT2D eigenvalue weighted by atomic mass is 19.1. The number of nitrogens with zero attached hydrogens (tertiary/aromatic N) is 5. The molecule has 4 aromatic rings. The second-order valence-electron chi connectivity index (χ2n) is 10.6. The predicted octanol–water partition coefficient (Wildman–Crippen LogP) is 4.78. The molecule has 210 valence electrons. The number of piperazine rings is 1. The summed E-state index contributed by atoms with van der Waals surface area (Å²) in [5, 5.41) is 15.1. The minimum absolute atomic E-state index is 0.0392. The van der Waals surface area contributed by atoms with Gasteiger partial charge in [0.1, 0.15) is 23.9 Å². The molecule has 40 heavy (non-hydrogen) atoms. The number of likely N-dealkylation sites (tertiary alicyclic amines) is 1. The van der Waals surface area contributed by atoms with E-state index in [9.17, 15) is 5.11 Å². The van der Waals surface area contributed by atoms with Crippen LogP contribution in [0, 0.1) is 12.7 Å². The fraction of sp³-hybridized carbons (Fsp3) is 0.400. The van der Waals surface area contributed by atoms with Gasteiger partial charge in [-0.3, -0.25) is 9.80 Å². The number of ether oxygens (including phenoxy) is 1. The van der Waals surface area contributed by atoms with Crippen molar-refractivity contribution in [1.29, 1.82) is 0 Å². The van der Waals surface area contributed by atoms with Crippen molar-refractivity contribution in [3.8, 4) is 11.6 Å². The summed E-state index contributed by atoms with van der Waals surface area (Å²) in [6.07, 6.45) is 1.37. The number of aliphatic hydroxyl groups is 1. The summed E-state index contributed by atoms with van der Waals surface area (Å²) in [5.41, 5.74) is 4.01. The average Bonchev–Trinajstić information content (AvgIpc) is 3.32. The first-order valence-electron chi connectivity index (χ1n) is 14.0. The normalized spacial score (nSPS) is 17.6. The third-order valence-electron chi connectivity index (χ3n) is 7.92. The van der Waals surface area contributed by atoms with Crippen molar-refractivity contribution >= 4 is 22.4 Å². The molecule has 6 rings (SSSR count). The Morgan fingerprint density at radius 1 is 1.02 bits per heavy atom. The molecule has 2 aromatic carbocycles. The number of aromatic amines is 1. The molecule has 1 atom stereocenters. The van der Waals surface area contributed by atoms with Crippen LogP contribution in [0.2, 0.25) is 0 Å². The highest BCUT2D eigenvalue weighted by molar-refractivity contribution is 5.82. The molecule has 0 saturated carbocycles. The van der Waals surface area contributed by atoms with Gasteiger partial charge in [0.05, 0.1) is 0 Å². The lowest BCUT2D eigenvalue weighted by molar-refractivity contribution is -0.0375. The molecule has 0 bridgehead atoms. The molecule has 1 unspecified atom stereocenters. The van der Waals surface area contributed by atoms with Gasteiger partial charge in [-0.25, -0.2) is 14.4 Å². The Balaban J connectivity index is 1.24. The topological polar surface area (TPSA) is 92.8 Å². The smallest absolute Gasteiger partial charge is 0.231 e. The minimum atomic E-state index is -0.991. The fourth-order valence-electron chi connectivity index (χ4n) is 5.38. The van der Waals surface area contributed by atoms with E-state index in [-0.39, 0.29) is 11.6 Å². The van der Waals surface area contributed by atoms with Gasteiger partial charge >= 0.3 is 0 Å². The minimum Gasteiger partial charge on any atom is -0.435 e. The number of aliphatic hydroxyl groups excluding tert-OH is 1. The number of benzene rings is 2. The van der Waals surface area contributed by atoms with Gasteiger partial charge in [0, 0.05) is 68.1 Å². The summed E-state index contributed by atoms with van der Waals surface area (Å²) in [6.45, 7) is 12.0. The van der Waals surface area contributed by atoms with E-state index in [1.807, 2.05) is 24.0 Å². The molecule has 0 radical (unpaired) electrons. The highest BCUT2D eigenvalue weighted by Gasteiger charge is 2.30. The summed E-state index contributed by atoms with van der Waals surface area (Å²) in [7, 11) is 0. The van der Waals surface area contributed by atoms with Gasteiger partial charge < -0.3 is 25.0 Å². The van der Waals surface area contributed by atoms with E-state index < -0.39 is 12.0 Å². The number of fused-ring (bicyclic) bond motifs is 1. The number of aryl methyl sites for hydroxylation is 1. The fourth-order valence-corrected chi connectivity index (χ4v) is 5.38. The van der Waals surface area contributed by atoms with E-state index in [1.54, 1.807) is 18.2 Å². The molecule has 2 aromatic heterocycles. The third kappa shape index (κ3) is 5.53. The van der Waals surface area contributed by atoms with E-state index in [0.29, 0.717) is 22.3 Å². The first-order chi connectivity index (χ1) is 19.5. The quantitative estimate of drug-likeness (QED) is 0.277. The second-order valence-corrected chi connectivity index (χ2v) is 10.6. The molecule has 0 aliphatic carbocycles. The number of rotatable bonds is 9. The lowest BCUT2D eigenvalue weighted by atomic mass is 10.1. The molecular formula is C30H36FN7O2. The van der Waals surface area contributed by atoms with Crippen molar-refractivity contribution in [3.63, 3.8) is 0 Å². The number of hydrogen-bond acceptors (Lipinski definition) is 8. The van der Waals surface area contributed by atoms with Gasteiger partial charge in [-0.05, 0) is 55.8 Å². The number of halogens is 1. The number of aromatic nitrogens is 3. The predicted molar refractivity (Wildman–Crippen MR) is 153 cm³/mol. The van der Waals surface area contributed by atoms with Crippen LogP contribution in [0.5, 0.6) is 11.6 Å². The lowest BCUT2D eigenvalue weighted by Crippen LogP contribution is -2.45. The molecule has 0 spiro atoms. The lowest BCUT2D eigenvalue weighted by Gasteiger charge is -2.36.